The molecule has 0 unspecified atom stereocenters. The topological polar surface area (TPSA) is 56.4 Å². The summed E-state index contributed by atoms with van der Waals surface area (Å²) in [5, 5.41) is 19.9. The third-order valence-electron chi connectivity index (χ3n) is 1.41. The fraction of sp³-hybridized carbons (Fsp3) is 0. The van der Waals surface area contributed by atoms with Gasteiger partial charge < -0.3 is 5.21 Å². The first-order valence-electron chi connectivity index (χ1n) is 3.26. The van der Waals surface area contributed by atoms with E-state index < -0.39 is 0 Å². The van der Waals surface area contributed by atoms with E-state index in [0.29, 0.717) is 11.1 Å². The molecule has 1 rings (SSSR count). The van der Waals surface area contributed by atoms with Crippen LogP contribution < -0.4 is 0 Å². The lowest BCUT2D eigenvalue weighted by molar-refractivity contribution is 0.321. The Kier molecular flexibility index (Phi) is 3.13. The van der Waals surface area contributed by atoms with E-state index in [2.05, 4.69) is 5.16 Å². The average Bonchev–Trinajstić information content (AvgIpc) is 2.16. The predicted molar refractivity (Wildman–Crippen MR) is 50.3 cm³/mol. The first kappa shape index (κ1) is 9.85. The zero-order chi connectivity index (χ0) is 9.84. The molecule has 0 atom stereocenters. The van der Waals surface area contributed by atoms with Crippen molar-refractivity contribution >= 4 is 28.4 Å². The summed E-state index contributed by atoms with van der Waals surface area (Å²) in [5.41, 5.74) is 0.820. The van der Waals surface area contributed by atoms with Crippen molar-refractivity contribution in [2.45, 2.75) is 0 Å². The molecule has 0 aliphatic carbocycles. The van der Waals surface area contributed by atoms with Gasteiger partial charge in [0, 0.05) is 5.56 Å². The highest BCUT2D eigenvalue weighted by Gasteiger charge is 2.06. The Morgan fingerprint density at radius 3 is 2.69 bits per heavy atom. The van der Waals surface area contributed by atoms with Gasteiger partial charge in [0.1, 0.15) is 0 Å². The van der Waals surface area contributed by atoms with E-state index >= 15 is 0 Å². The first-order valence-corrected chi connectivity index (χ1v) is 4.02. The van der Waals surface area contributed by atoms with Gasteiger partial charge in [-0.1, -0.05) is 28.4 Å². The highest BCUT2D eigenvalue weighted by molar-refractivity contribution is 6.70. The normalized spacial score (nSPS) is 11.0. The smallest absolute Gasteiger partial charge is 0.176 e. The Bertz CT molecular complexity index is 396. The molecule has 5 heteroatoms. The van der Waals surface area contributed by atoms with Gasteiger partial charge in [0.05, 0.1) is 16.7 Å². The van der Waals surface area contributed by atoms with Crippen molar-refractivity contribution < 1.29 is 5.21 Å². The van der Waals surface area contributed by atoms with Gasteiger partial charge in [-0.2, -0.15) is 5.26 Å². The predicted octanol–water partition coefficient (Wildman–Crippen LogP) is 2.59. The molecule has 1 aromatic rings. The monoisotopic (exact) mass is 214 g/mol. The number of benzene rings is 1. The van der Waals surface area contributed by atoms with E-state index in [1.54, 1.807) is 0 Å². The summed E-state index contributed by atoms with van der Waals surface area (Å²) >= 11 is 11.3. The zero-order valence-electron chi connectivity index (χ0n) is 6.33. The lowest BCUT2D eigenvalue weighted by Crippen LogP contribution is -1.92. The standard InChI is InChI=1S/C8H4Cl2N2O/c9-7-3-5(4-11)1-2-6(7)8(10)12-13/h1-3,13H/b12-8-. The van der Waals surface area contributed by atoms with E-state index in [1.807, 2.05) is 6.07 Å². The fourth-order valence-electron chi connectivity index (χ4n) is 0.806. The SMILES string of the molecule is N#Cc1ccc(/C(Cl)=N/O)c(Cl)c1. The van der Waals surface area contributed by atoms with Gasteiger partial charge in [0.2, 0.25) is 0 Å². The van der Waals surface area contributed by atoms with E-state index in [9.17, 15) is 0 Å². The Balaban J connectivity index is 3.22. The number of halogens is 2. The molecule has 0 radical (unpaired) electrons. The van der Waals surface area contributed by atoms with Gasteiger partial charge in [-0.3, -0.25) is 0 Å². The summed E-state index contributed by atoms with van der Waals surface area (Å²) in [6.07, 6.45) is 0. The van der Waals surface area contributed by atoms with Gasteiger partial charge in [0.15, 0.2) is 5.17 Å². The first-order chi connectivity index (χ1) is 6.19. The van der Waals surface area contributed by atoms with Crippen LogP contribution in [0.5, 0.6) is 0 Å². The maximum absolute atomic E-state index is 8.53. The maximum atomic E-state index is 8.53. The summed E-state index contributed by atoms with van der Waals surface area (Å²) < 4.78 is 0. The minimum Gasteiger partial charge on any atom is -0.410 e. The molecule has 1 aromatic carbocycles. The summed E-state index contributed by atoms with van der Waals surface area (Å²) in [6.45, 7) is 0. The molecule has 0 saturated carbocycles. The molecule has 0 amide bonds. The van der Waals surface area contributed by atoms with Crippen LogP contribution in [0.4, 0.5) is 0 Å². The molecule has 0 fully saturated rings. The summed E-state index contributed by atoms with van der Waals surface area (Å²) in [4.78, 5) is 0. The van der Waals surface area contributed by atoms with Crippen LogP contribution in [-0.4, -0.2) is 10.4 Å². The van der Waals surface area contributed by atoms with Crippen LogP contribution in [0.2, 0.25) is 5.02 Å². The largest absolute Gasteiger partial charge is 0.410 e. The minimum atomic E-state index is -0.102. The molecule has 3 nitrogen and oxygen atoms in total. The molecule has 0 aliphatic heterocycles. The Hall–Kier alpha value is -1.24. The lowest BCUT2D eigenvalue weighted by Gasteiger charge is -1.99. The number of rotatable bonds is 1. The van der Waals surface area contributed by atoms with Crippen LogP contribution in [0, 0.1) is 11.3 Å². The molecule has 66 valence electrons. The highest BCUT2D eigenvalue weighted by Crippen LogP contribution is 2.19. The summed E-state index contributed by atoms with van der Waals surface area (Å²) in [5.74, 6) is 0. The molecule has 13 heavy (non-hydrogen) atoms. The molecule has 1 N–H and O–H groups in total. The highest BCUT2D eigenvalue weighted by atomic mass is 35.5. The van der Waals surface area contributed by atoms with Crippen molar-refractivity contribution in [2.75, 3.05) is 0 Å². The van der Waals surface area contributed by atoms with Crippen LogP contribution in [0.3, 0.4) is 0 Å². The second-order valence-corrected chi connectivity index (χ2v) is 2.96. The van der Waals surface area contributed by atoms with Crippen molar-refractivity contribution in [1.82, 2.24) is 0 Å². The molecular formula is C8H4Cl2N2O. The van der Waals surface area contributed by atoms with E-state index in [1.165, 1.54) is 18.2 Å². The number of hydrogen-bond acceptors (Lipinski definition) is 3. The molecular weight excluding hydrogens is 211 g/mol. The Morgan fingerprint density at radius 2 is 2.23 bits per heavy atom. The van der Waals surface area contributed by atoms with E-state index in [-0.39, 0.29) is 10.2 Å². The second kappa shape index (κ2) is 4.13. The van der Waals surface area contributed by atoms with Crippen molar-refractivity contribution in [2.24, 2.45) is 5.16 Å². The maximum Gasteiger partial charge on any atom is 0.176 e. The minimum absolute atomic E-state index is 0.102. The second-order valence-electron chi connectivity index (χ2n) is 2.20. The van der Waals surface area contributed by atoms with Crippen molar-refractivity contribution in [3.05, 3.63) is 34.3 Å². The van der Waals surface area contributed by atoms with Crippen LogP contribution in [0.15, 0.2) is 23.4 Å². The number of nitrogens with zero attached hydrogens (tertiary/aromatic N) is 2. The quantitative estimate of drug-likeness (QED) is 0.444. The van der Waals surface area contributed by atoms with E-state index in [4.69, 9.17) is 33.7 Å². The van der Waals surface area contributed by atoms with Crippen LogP contribution in [0.1, 0.15) is 11.1 Å². The lowest BCUT2D eigenvalue weighted by atomic mass is 10.1. The summed E-state index contributed by atoms with van der Waals surface area (Å²) in [7, 11) is 0. The number of nitriles is 1. The van der Waals surface area contributed by atoms with Gasteiger partial charge in [-0.15, -0.1) is 0 Å². The van der Waals surface area contributed by atoms with Crippen LogP contribution in [-0.2, 0) is 0 Å². The van der Waals surface area contributed by atoms with Crippen LogP contribution >= 0.6 is 23.2 Å². The summed E-state index contributed by atoms with van der Waals surface area (Å²) in [6, 6.07) is 6.42. The van der Waals surface area contributed by atoms with Gasteiger partial charge in [-0.05, 0) is 18.2 Å². The molecule has 0 saturated heterocycles. The van der Waals surface area contributed by atoms with Crippen molar-refractivity contribution in [3.63, 3.8) is 0 Å². The molecule has 0 spiro atoms. The number of oxime groups is 1. The molecule has 0 bridgehead atoms. The van der Waals surface area contributed by atoms with Gasteiger partial charge in [-0.25, -0.2) is 0 Å². The fourth-order valence-corrected chi connectivity index (χ4v) is 1.29. The number of hydrogen-bond donors (Lipinski definition) is 1. The van der Waals surface area contributed by atoms with Crippen molar-refractivity contribution in [3.8, 4) is 6.07 Å². The Labute approximate surface area is 84.8 Å². The molecule has 0 heterocycles. The van der Waals surface area contributed by atoms with E-state index in [0.717, 1.165) is 0 Å². The average molecular weight is 215 g/mol. The van der Waals surface area contributed by atoms with Gasteiger partial charge >= 0.3 is 0 Å². The zero-order valence-corrected chi connectivity index (χ0v) is 7.84. The van der Waals surface area contributed by atoms with Crippen LogP contribution in [0.25, 0.3) is 0 Å². The molecule has 0 aromatic heterocycles. The van der Waals surface area contributed by atoms with Gasteiger partial charge in [0.25, 0.3) is 0 Å². The third kappa shape index (κ3) is 2.11. The molecule has 0 aliphatic rings. The third-order valence-corrected chi connectivity index (χ3v) is 2.00. The Morgan fingerprint density at radius 1 is 1.54 bits per heavy atom. The van der Waals surface area contributed by atoms with Crippen molar-refractivity contribution in [1.29, 1.82) is 5.26 Å².